The van der Waals surface area contributed by atoms with Gasteiger partial charge in [0.15, 0.2) is 0 Å². The predicted molar refractivity (Wildman–Crippen MR) is 84.8 cm³/mol. The Morgan fingerprint density at radius 3 is 2.75 bits per heavy atom. The predicted octanol–water partition coefficient (Wildman–Crippen LogP) is 0.613. The molecule has 1 aromatic rings. The monoisotopic (exact) mass is 360 g/mol. The van der Waals surface area contributed by atoms with Crippen LogP contribution in [-0.4, -0.2) is 65.2 Å². The summed E-state index contributed by atoms with van der Waals surface area (Å²) in [6.45, 7) is 1.74. The number of nitrogens with zero attached hydrogens (tertiary/aromatic N) is 1. The van der Waals surface area contributed by atoms with Crippen molar-refractivity contribution in [1.29, 1.82) is 0 Å². The van der Waals surface area contributed by atoms with Crippen LogP contribution in [0.1, 0.15) is 16.8 Å². The number of ether oxygens (including phenoxy) is 2. The molecule has 0 aliphatic carbocycles. The Bertz CT molecular complexity index is 674. The first-order valence-electron chi connectivity index (χ1n) is 7.61. The first kappa shape index (κ1) is 18.8. The van der Waals surface area contributed by atoms with E-state index in [9.17, 15) is 17.6 Å². The third-order valence-electron chi connectivity index (χ3n) is 3.59. The third-order valence-corrected chi connectivity index (χ3v) is 5.51. The van der Waals surface area contributed by atoms with Gasteiger partial charge in [-0.3, -0.25) is 4.79 Å². The van der Waals surface area contributed by atoms with Gasteiger partial charge >= 0.3 is 0 Å². The Morgan fingerprint density at radius 1 is 1.38 bits per heavy atom. The van der Waals surface area contributed by atoms with Crippen LogP contribution in [0.25, 0.3) is 0 Å². The molecule has 0 unspecified atom stereocenters. The number of nitrogens with one attached hydrogen (secondary N) is 1. The van der Waals surface area contributed by atoms with Gasteiger partial charge in [-0.05, 0) is 24.6 Å². The maximum Gasteiger partial charge on any atom is 0.251 e. The van der Waals surface area contributed by atoms with E-state index in [1.807, 2.05) is 0 Å². The Morgan fingerprint density at radius 2 is 2.08 bits per heavy atom. The molecule has 9 heteroatoms. The van der Waals surface area contributed by atoms with E-state index in [4.69, 9.17) is 9.47 Å². The van der Waals surface area contributed by atoms with Gasteiger partial charge < -0.3 is 14.8 Å². The first-order chi connectivity index (χ1) is 11.5. The summed E-state index contributed by atoms with van der Waals surface area (Å²) >= 11 is 0. The lowest BCUT2D eigenvalue weighted by molar-refractivity contribution is 0.0729. The molecule has 134 valence electrons. The molecule has 1 saturated heterocycles. The molecule has 1 aliphatic heterocycles. The van der Waals surface area contributed by atoms with Crippen molar-refractivity contribution in [2.45, 2.75) is 11.3 Å². The summed E-state index contributed by atoms with van der Waals surface area (Å²) in [5, 5.41) is 2.64. The van der Waals surface area contributed by atoms with Gasteiger partial charge in [-0.15, -0.1) is 0 Å². The topological polar surface area (TPSA) is 84.9 Å². The lowest BCUT2D eigenvalue weighted by Gasteiger charge is -2.26. The molecule has 1 aliphatic rings. The quantitative estimate of drug-likeness (QED) is 0.721. The lowest BCUT2D eigenvalue weighted by atomic mass is 10.2. The molecule has 1 N–H and O–H groups in total. The van der Waals surface area contributed by atoms with E-state index >= 15 is 0 Å². The molecule has 0 radical (unpaired) electrons. The van der Waals surface area contributed by atoms with Crippen LogP contribution in [0.5, 0.6) is 0 Å². The largest absolute Gasteiger partial charge is 0.385 e. The summed E-state index contributed by atoms with van der Waals surface area (Å²) in [5.74, 6) is -1.33. The summed E-state index contributed by atoms with van der Waals surface area (Å²) in [6.07, 6.45) is 0.627. The molecule has 0 bridgehead atoms. The van der Waals surface area contributed by atoms with E-state index in [0.717, 1.165) is 16.4 Å². The minimum Gasteiger partial charge on any atom is -0.385 e. The lowest BCUT2D eigenvalue weighted by Crippen LogP contribution is -2.41. The fourth-order valence-corrected chi connectivity index (χ4v) is 3.79. The normalized spacial score (nSPS) is 16.1. The summed E-state index contributed by atoms with van der Waals surface area (Å²) < 4.78 is 50.3. The third kappa shape index (κ3) is 4.50. The fraction of sp³-hybridized carbons (Fsp3) is 0.533. The summed E-state index contributed by atoms with van der Waals surface area (Å²) in [5.41, 5.74) is 0.0978. The van der Waals surface area contributed by atoms with Gasteiger partial charge in [-0.1, -0.05) is 0 Å². The standard InChI is InChI=1S/C15H21FN2O5S/c1-22-8-2-5-17-15(19)12-3-4-13(16)14(11-12)24(20,21)18-6-9-23-10-7-18/h3-4,11H,2,5-10H2,1H3,(H,17,19). The van der Waals surface area contributed by atoms with E-state index < -0.39 is 26.6 Å². The highest BCUT2D eigenvalue weighted by Gasteiger charge is 2.29. The van der Waals surface area contributed by atoms with Gasteiger partial charge in [-0.25, -0.2) is 12.8 Å². The van der Waals surface area contributed by atoms with Crippen LogP contribution in [0.3, 0.4) is 0 Å². The van der Waals surface area contributed by atoms with Crippen LogP contribution >= 0.6 is 0 Å². The Balaban J connectivity index is 2.17. The van der Waals surface area contributed by atoms with Crippen LogP contribution in [-0.2, 0) is 19.5 Å². The number of benzene rings is 1. The van der Waals surface area contributed by atoms with E-state index in [1.165, 1.54) is 6.07 Å². The minimum absolute atomic E-state index is 0.0978. The SMILES string of the molecule is COCCCNC(=O)c1ccc(F)c(S(=O)(=O)N2CCOCC2)c1. The maximum atomic E-state index is 14.1. The van der Waals surface area contributed by atoms with Crippen LogP contribution in [0.4, 0.5) is 4.39 Å². The molecule has 0 aromatic heterocycles. The van der Waals surface area contributed by atoms with Crippen molar-refractivity contribution in [2.75, 3.05) is 46.6 Å². The van der Waals surface area contributed by atoms with Gasteiger partial charge in [0.1, 0.15) is 10.7 Å². The first-order valence-corrected chi connectivity index (χ1v) is 9.05. The Hall–Kier alpha value is -1.55. The Labute approximate surface area is 140 Å². The number of hydrogen-bond acceptors (Lipinski definition) is 5. The molecule has 1 amide bonds. The number of morpholine rings is 1. The van der Waals surface area contributed by atoms with Crippen molar-refractivity contribution >= 4 is 15.9 Å². The zero-order valence-corrected chi connectivity index (χ0v) is 14.3. The van der Waals surface area contributed by atoms with Crippen molar-refractivity contribution in [1.82, 2.24) is 9.62 Å². The summed E-state index contributed by atoms with van der Waals surface area (Å²) in [7, 11) is -2.44. The number of amides is 1. The van der Waals surface area contributed by atoms with Crippen LogP contribution in [0.2, 0.25) is 0 Å². The number of sulfonamides is 1. The molecule has 1 aromatic carbocycles. The van der Waals surface area contributed by atoms with E-state index in [1.54, 1.807) is 7.11 Å². The van der Waals surface area contributed by atoms with Crippen LogP contribution < -0.4 is 5.32 Å². The number of halogens is 1. The van der Waals surface area contributed by atoms with Crippen molar-refractivity contribution in [3.05, 3.63) is 29.6 Å². The second-order valence-corrected chi connectivity index (χ2v) is 7.17. The molecule has 2 rings (SSSR count). The zero-order chi connectivity index (χ0) is 17.6. The molecule has 0 saturated carbocycles. The van der Waals surface area contributed by atoms with Crippen molar-refractivity contribution in [3.8, 4) is 0 Å². The highest BCUT2D eigenvalue weighted by Crippen LogP contribution is 2.21. The number of hydrogen-bond donors (Lipinski definition) is 1. The van der Waals surface area contributed by atoms with Crippen LogP contribution in [0.15, 0.2) is 23.1 Å². The summed E-state index contributed by atoms with van der Waals surface area (Å²) in [6, 6.07) is 3.34. The van der Waals surface area contributed by atoms with E-state index in [-0.39, 0.29) is 31.9 Å². The Kier molecular flexibility index (Phi) is 6.67. The zero-order valence-electron chi connectivity index (χ0n) is 13.5. The van der Waals surface area contributed by atoms with Gasteiger partial charge in [0, 0.05) is 38.9 Å². The van der Waals surface area contributed by atoms with Crippen molar-refractivity contribution in [2.24, 2.45) is 0 Å². The maximum absolute atomic E-state index is 14.1. The average Bonchev–Trinajstić information content (AvgIpc) is 2.59. The number of carbonyl (C=O) groups excluding carboxylic acids is 1. The van der Waals surface area contributed by atoms with Crippen molar-refractivity contribution < 1.29 is 27.1 Å². The molecular formula is C15H21FN2O5S. The smallest absolute Gasteiger partial charge is 0.251 e. The molecule has 0 atom stereocenters. The molecule has 1 fully saturated rings. The minimum atomic E-state index is -4.00. The van der Waals surface area contributed by atoms with Gasteiger partial charge in [0.05, 0.1) is 13.2 Å². The number of methoxy groups -OCH3 is 1. The molecular weight excluding hydrogens is 339 g/mol. The fourth-order valence-electron chi connectivity index (χ4n) is 2.29. The molecule has 7 nitrogen and oxygen atoms in total. The molecule has 1 heterocycles. The number of carbonyl (C=O) groups is 1. The van der Waals surface area contributed by atoms with E-state index in [0.29, 0.717) is 19.6 Å². The van der Waals surface area contributed by atoms with Gasteiger partial charge in [-0.2, -0.15) is 4.31 Å². The number of rotatable bonds is 7. The van der Waals surface area contributed by atoms with Gasteiger partial charge in [0.2, 0.25) is 10.0 Å². The highest BCUT2D eigenvalue weighted by atomic mass is 32.2. The molecule has 0 spiro atoms. The average molecular weight is 360 g/mol. The van der Waals surface area contributed by atoms with E-state index in [2.05, 4.69) is 5.32 Å². The summed E-state index contributed by atoms with van der Waals surface area (Å²) in [4.78, 5) is 11.6. The van der Waals surface area contributed by atoms with Crippen LogP contribution in [0, 0.1) is 5.82 Å². The second-order valence-electron chi connectivity index (χ2n) is 5.26. The second kappa shape index (κ2) is 8.52. The van der Waals surface area contributed by atoms with Crippen molar-refractivity contribution in [3.63, 3.8) is 0 Å². The molecule has 24 heavy (non-hydrogen) atoms. The van der Waals surface area contributed by atoms with Gasteiger partial charge in [0.25, 0.3) is 5.91 Å². The highest BCUT2D eigenvalue weighted by molar-refractivity contribution is 7.89.